The highest BCUT2D eigenvalue weighted by Gasteiger charge is 2.26. The van der Waals surface area contributed by atoms with Gasteiger partial charge in [0.05, 0.1) is 12.2 Å². The largest absolute Gasteiger partial charge is 0.482 e. The number of thiazole rings is 1. The SMILES string of the molecule is Cc1ccc(NC(=O)c2csc(CN3C(=O)COc4ccc(C)cc43)n2)cc1. The molecule has 1 aromatic heterocycles. The number of nitrogens with zero attached hydrogens (tertiary/aromatic N) is 2. The zero-order valence-corrected chi connectivity index (χ0v) is 16.4. The molecule has 4 rings (SSSR count). The molecule has 28 heavy (non-hydrogen) atoms. The summed E-state index contributed by atoms with van der Waals surface area (Å²) in [5.41, 5.74) is 3.96. The summed E-state index contributed by atoms with van der Waals surface area (Å²) in [4.78, 5) is 30.9. The van der Waals surface area contributed by atoms with Gasteiger partial charge >= 0.3 is 0 Å². The highest BCUT2D eigenvalue weighted by atomic mass is 32.1. The summed E-state index contributed by atoms with van der Waals surface area (Å²) < 4.78 is 5.50. The molecule has 0 saturated heterocycles. The van der Waals surface area contributed by atoms with Crippen LogP contribution in [0.2, 0.25) is 0 Å². The van der Waals surface area contributed by atoms with E-state index in [1.165, 1.54) is 11.3 Å². The van der Waals surface area contributed by atoms with Crippen LogP contribution in [-0.2, 0) is 11.3 Å². The minimum absolute atomic E-state index is 0.00219. The fraction of sp³-hybridized carbons (Fsp3) is 0.190. The lowest BCUT2D eigenvalue weighted by Crippen LogP contribution is -2.38. The molecule has 2 heterocycles. The molecule has 0 atom stereocenters. The number of carbonyl (C=O) groups excluding carboxylic acids is 2. The van der Waals surface area contributed by atoms with Crippen LogP contribution in [0, 0.1) is 13.8 Å². The van der Waals surface area contributed by atoms with Crippen LogP contribution in [0.4, 0.5) is 11.4 Å². The van der Waals surface area contributed by atoms with Crippen molar-refractivity contribution in [3.63, 3.8) is 0 Å². The van der Waals surface area contributed by atoms with Crippen molar-refractivity contribution in [2.75, 3.05) is 16.8 Å². The molecule has 0 spiro atoms. The van der Waals surface area contributed by atoms with E-state index in [1.807, 2.05) is 56.3 Å². The predicted octanol–water partition coefficient (Wildman–Crippen LogP) is 3.94. The smallest absolute Gasteiger partial charge is 0.275 e. The number of nitrogens with one attached hydrogen (secondary N) is 1. The minimum atomic E-state index is -0.268. The summed E-state index contributed by atoms with van der Waals surface area (Å²) >= 11 is 1.36. The Morgan fingerprint density at radius 3 is 2.71 bits per heavy atom. The van der Waals surface area contributed by atoms with Crippen LogP contribution in [0.15, 0.2) is 47.8 Å². The zero-order valence-electron chi connectivity index (χ0n) is 15.6. The molecule has 1 N–H and O–H groups in total. The van der Waals surface area contributed by atoms with Crippen molar-refractivity contribution < 1.29 is 14.3 Å². The molecule has 0 unspecified atom stereocenters. The van der Waals surface area contributed by atoms with Crippen LogP contribution in [-0.4, -0.2) is 23.4 Å². The van der Waals surface area contributed by atoms with Gasteiger partial charge in [0.25, 0.3) is 11.8 Å². The molecule has 2 amide bonds. The van der Waals surface area contributed by atoms with Crippen molar-refractivity contribution in [2.24, 2.45) is 0 Å². The summed E-state index contributed by atoms with van der Waals surface area (Å²) in [6.07, 6.45) is 0. The lowest BCUT2D eigenvalue weighted by molar-refractivity contribution is -0.121. The first-order chi connectivity index (χ1) is 13.5. The van der Waals surface area contributed by atoms with E-state index in [9.17, 15) is 9.59 Å². The maximum atomic E-state index is 12.4. The molecule has 7 heteroatoms. The van der Waals surface area contributed by atoms with Crippen molar-refractivity contribution in [3.05, 3.63) is 69.7 Å². The number of hydrogen-bond donors (Lipinski definition) is 1. The van der Waals surface area contributed by atoms with Gasteiger partial charge in [-0.05, 0) is 43.7 Å². The third-order valence-electron chi connectivity index (χ3n) is 4.44. The molecule has 0 saturated carbocycles. The average molecular weight is 393 g/mol. The Morgan fingerprint density at radius 1 is 1.18 bits per heavy atom. The Morgan fingerprint density at radius 2 is 1.93 bits per heavy atom. The maximum absolute atomic E-state index is 12.4. The van der Waals surface area contributed by atoms with Gasteiger partial charge in [-0.25, -0.2) is 4.98 Å². The second-order valence-electron chi connectivity index (χ2n) is 6.69. The number of fused-ring (bicyclic) bond motifs is 1. The Balaban J connectivity index is 1.51. The van der Waals surface area contributed by atoms with Crippen molar-refractivity contribution in [2.45, 2.75) is 20.4 Å². The highest BCUT2D eigenvalue weighted by molar-refractivity contribution is 7.09. The summed E-state index contributed by atoms with van der Waals surface area (Å²) in [6, 6.07) is 13.3. The molecule has 2 aromatic carbocycles. The van der Waals surface area contributed by atoms with Crippen LogP contribution in [0.25, 0.3) is 0 Å². The van der Waals surface area contributed by atoms with Gasteiger partial charge in [-0.3, -0.25) is 14.5 Å². The lowest BCUT2D eigenvalue weighted by atomic mass is 10.1. The number of hydrogen-bond acceptors (Lipinski definition) is 5. The quantitative estimate of drug-likeness (QED) is 0.729. The fourth-order valence-corrected chi connectivity index (χ4v) is 3.70. The molecule has 1 aliphatic heterocycles. The number of aryl methyl sites for hydroxylation is 2. The Bertz CT molecular complexity index is 1040. The summed E-state index contributed by atoms with van der Waals surface area (Å²) in [6.45, 7) is 4.27. The third kappa shape index (κ3) is 3.75. The number of benzene rings is 2. The van der Waals surface area contributed by atoms with Crippen molar-refractivity contribution >= 4 is 34.5 Å². The number of carbonyl (C=O) groups is 2. The van der Waals surface area contributed by atoms with E-state index in [-0.39, 0.29) is 18.4 Å². The second-order valence-corrected chi connectivity index (χ2v) is 7.63. The van der Waals surface area contributed by atoms with E-state index in [4.69, 9.17) is 4.74 Å². The van der Waals surface area contributed by atoms with Crippen molar-refractivity contribution in [3.8, 4) is 5.75 Å². The Kier molecular flexibility index (Phi) is 4.83. The highest BCUT2D eigenvalue weighted by Crippen LogP contribution is 2.34. The van der Waals surface area contributed by atoms with Gasteiger partial charge in [-0.15, -0.1) is 11.3 Å². The van der Waals surface area contributed by atoms with E-state index in [2.05, 4.69) is 10.3 Å². The maximum Gasteiger partial charge on any atom is 0.275 e. The molecule has 0 bridgehead atoms. The first-order valence-electron chi connectivity index (χ1n) is 8.86. The molecular weight excluding hydrogens is 374 g/mol. The van der Waals surface area contributed by atoms with E-state index in [1.54, 1.807) is 10.3 Å². The first kappa shape index (κ1) is 18.2. The normalized spacial score (nSPS) is 13.1. The number of ether oxygens (including phenoxy) is 1. The zero-order chi connectivity index (χ0) is 19.7. The standard InChI is InChI=1S/C21H19N3O3S/c1-13-3-6-15(7-4-13)22-21(26)16-12-28-19(23-16)10-24-17-9-14(2)5-8-18(17)27-11-20(24)25/h3-9,12H,10-11H2,1-2H3,(H,22,26). The number of amides is 2. The molecule has 3 aromatic rings. The number of anilines is 2. The molecule has 0 radical (unpaired) electrons. The first-order valence-corrected chi connectivity index (χ1v) is 9.74. The minimum Gasteiger partial charge on any atom is -0.482 e. The fourth-order valence-electron chi connectivity index (χ4n) is 2.94. The van der Waals surface area contributed by atoms with Gasteiger partial charge in [0.2, 0.25) is 0 Å². The molecule has 0 aliphatic carbocycles. The number of aromatic nitrogens is 1. The van der Waals surface area contributed by atoms with E-state index < -0.39 is 0 Å². The molecule has 6 nitrogen and oxygen atoms in total. The third-order valence-corrected chi connectivity index (χ3v) is 5.28. The van der Waals surface area contributed by atoms with Crippen LogP contribution < -0.4 is 15.0 Å². The van der Waals surface area contributed by atoms with Crippen LogP contribution in [0.3, 0.4) is 0 Å². The lowest BCUT2D eigenvalue weighted by Gasteiger charge is -2.29. The van der Waals surface area contributed by atoms with Gasteiger partial charge in [0.1, 0.15) is 16.5 Å². The second kappa shape index (κ2) is 7.44. The molecule has 0 fully saturated rings. The monoisotopic (exact) mass is 393 g/mol. The average Bonchev–Trinajstić information content (AvgIpc) is 3.15. The van der Waals surface area contributed by atoms with Gasteiger partial charge in [-0.2, -0.15) is 0 Å². The molecular formula is C21H19N3O3S. The van der Waals surface area contributed by atoms with Crippen LogP contribution >= 0.6 is 11.3 Å². The van der Waals surface area contributed by atoms with Crippen molar-refractivity contribution in [1.82, 2.24) is 4.98 Å². The van der Waals surface area contributed by atoms with Gasteiger partial charge in [0.15, 0.2) is 6.61 Å². The topological polar surface area (TPSA) is 71.5 Å². The molecule has 142 valence electrons. The molecule has 1 aliphatic rings. The van der Waals surface area contributed by atoms with Crippen molar-refractivity contribution in [1.29, 1.82) is 0 Å². The van der Waals surface area contributed by atoms with Crippen LogP contribution in [0.1, 0.15) is 26.6 Å². The van der Waals surface area contributed by atoms with E-state index >= 15 is 0 Å². The van der Waals surface area contributed by atoms with Gasteiger partial charge in [0, 0.05) is 11.1 Å². The summed E-state index contributed by atoms with van der Waals surface area (Å²) in [7, 11) is 0. The predicted molar refractivity (Wildman–Crippen MR) is 109 cm³/mol. The van der Waals surface area contributed by atoms with E-state index in [0.29, 0.717) is 23.0 Å². The Labute approximate surface area is 166 Å². The number of rotatable bonds is 4. The Hall–Kier alpha value is -3.19. The summed E-state index contributed by atoms with van der Waals surface area (Å²) in [5, 5.41) is 5.24. The van der Waals surface area contributed by atoms with Crippen LogP contribution in [0.5, 0.6) is 5.75 Å². The van der Waals surface area contributed by atoms with Gasteiger partial charge < -0.3 is 10.1 Å². The summed E-state index contributed by atoms with van der Waals surface area (Å²) in [5.74, 6) is 0.286. The van der Waals surface area contributed by atoms with Gasteiger partial charge in [-0.1, -0.05) is 23.8 Å². The van der Waals surface area contributed by atoms with E-state index in [0.717, 1.165) is 22.5 Å².